The van der Waals surface area contributed by atoms with Crippen LogP contribution >= 0.6 is 0 Å². The highest BCUT2D eigenvalue weighted by molar-refractivity contribution is 5.94. The van der Waals surface area contributed by atoms with Gasteiger partial charge in [0.1, 0.15) is 0 Å². The van der Waals surface area contributed by atoms with E-state index in [0.29, 0.717) is 0 Å². The molecule has 0 bridgehead atoms. The molecule has 2 heteroatoms. The van der Waals surface area contributed by atoms with E-state index in [2.05, 4.69) is 24.4 Å². The molecule has 0 fully saturated rings. The summed E-state index contributed by atoms with van der Waals surface area (Å²) in [6.07, 6.45) is 19.3. The van der Waals surface area contributed by atoms with E-state index in [-0.39, 0.29) is 5.78 Å². The average Bonchev–Trinajstić information content (AvgIpc) is 2.62. The second kappa shape index (κ2) is 14.7. The van der Waals surface area contributed by atoms with E-state index >= 15 is 0 Å². The summed E-state index contributed by atoms with van der Waals surface area (Å²) in [7, 11) is 0. The Bertz CT molecular complexity index is 475. The molecule has 1 aromatic rings. The molecule has 1 N–H and O–H groups in total. The topological polar surface area (TPSA) is 29.1 Å². The molecule has 0 radical (unpaired) electrons. The number of ketones is 1. The van der Waals surface area contributed by atoms with Crippen molar-refractivity contribution < 1.29 is 4.79 Å². The smallest absolute Gasteiger partial charge is 0.159 e. The molecule has 0 saturated heterocycles. The van der Waals surface area contributed by atoms with Crippen molar-refractivity contribution >= 4 is 11.5 Å². The third kappa shape index (κ3) is 11.6. The van der Waals surface area contributed by atoms with Crippen LogP contribution in [0.3, 0.4) is 0 Å². The molecule has 0 atom stereocenters. The van der Waals surface area contributed by atoms with E-state index in [4.69, 9.17) is 0 Å². The maximum absolute atomic E-state index is 11.2. The first-order valence-corrected chi connectivity index (χ1v) is 10.2. The van der Waals surface area contributed by atoms with Gasteiger partial charge in [0, 0.05) is 17.8 Å². The second-order valence-electron chi connectivity index (χ2n) is 6.94. The van der Waals surface area contributed by atoms with E-state index < -0.39 is 0 Å². The van der Waals surface area contributed by atoms with Crippen molar-refractivity contribution in [2.24, 2.45) is 0 Å². The Labute approximate surface area is 155 Å². The van der Waals surface area contributed by atoms with Gasteiger partial charge in [-0.05, 0) is 56.9 Å². The molecular formula is C23H37NO. The Morgan fingerprint density at radius 2 is 1.40 bits per heavy atom. The summed E-state index contributed by atoms with van der Waals surface area (Å²) in [5, 5.41) is 3.41. The maximum atomic E-state index is 11.2. The van der Waals surface area contributed by atoms with E-state index in [1.165, 1.54) is 57.8 Å². The Morgan fingerprint density at radius 3 is 2.00 bits per heavy atom. The first kappa shape index (κ1) is 21.5. The lowest BCUT2D eigenvalue weighted by molar-refractivity contribution is 0.101. The van der Waals surface area contributed by atoms with Gasteiger partial charge in [0.05, 0.1) is 0 Å². The molecule has 0 amide bonds. The zero-order chi connectivity index (χ0) is 18.2. The van der Waals surface area contributed by atoms with Gasteiger partial charge in [0.15, 0.2) is 5.78 Å². The largest absolute Gasteiger partial charge is 0.385 e. The molecule has 0 spiro atoms. The van der Waals surface area contributed by atoms with Crippen molar-refractivity contribution in [2.45, 2.75) is 84.5 Å². The minimum absolute atomic E-state index is 0.119. The summed E-state index contributed by atoms with van der Waals surface area (Å²) in [4.78, 5) is 11.2. The Balaban J connectivity index is 1.92. The predicted molar refractivity (Wildman–Crippen MR) is 111 cm³/mol. The monoisotopic (exact) mass is 343 g/mol. The van der Waals surface area contributed by atoms with Gasteiger partial charge < -0.3 is 5.32 Å². The zero-order valence-electron chi connectivity index (χ0n) is 16.4. The minimum atomic E-state index is 0.119. The SMILES string of the molecule is CCCCCCCCCCC=CCCCNc1ccc(C(C)=O)cc1. The van der Waals surface area contributed by atoms with Crippen molar-refractivity contribution in [3.8, 4) is 0 Å². The molecule has 140 valence electrons. The van der Waals surface area contributed by atoms with Gasteiger partial charge in [-0.25, -0.2) is 0 Å². The molecule has 1 aromatic carbocycles. The highest BCUT2D eigenvalue weighted by atomic mass is 16.1. The lowest BCUT2D eigenvalue weighted by Gasteiger charge is -2.05. The summed E-state index contributed by atoms with van der Waals surface area (Å²) in [6.45, 7) is 4.85. The molecule has 0 aliphatic rings. The van der Waals surface area contributed by atoms with E-state index in [1.807, 2.05) is 24.3 Å². The van der Waals surface area contributed by atoms with Crippen LogP contribution in [0.2, 0.25) is 0 Å². The van der Waals surface area contributed by atoms with E-state index in [9.17, 15) is 4.79 Å². The Kier molecular flexibility index (Phi) is 12.7. The standard InChI is InChI=1S/C23H37NO/c1-3-4-5-6-7-8-9-10-11-12-13-14-15-20-24-23-18-16-22(17-19-23)21(2)25/h12-13,16-19,24H,3-11,14-15,20H2,1-2H3. The number of unbranched alkanes of at least 4 members (excludes halogenated alkanes) is 9. The maximum Gasteiger partial charge on any atom is 0.159 e. The summed E-state index contributed by atoms with van der Waals surface area (Å²) >= 11 is 0. The van der Waals surface area contributed by atoms with E-state index in [1.54, 1.807) is 6.92 Å². The fourth-order valence-electron chi connectivity index (χ4n) is 2.91. The van der Waals surface area contributed by atoms with Crippen LogP contribution in [0.25, 0.3) is 0 Å². The van der Waals surface area contributed by atoms with Crippen LogP contribution in [0, 0.1) is 0 Å². The van der Waals surface area contributed by atoms with Crippen LogP contribution < -0.4 is 5.32 Å². The second-order valence-corrected chi connectivity index (χ2v) is 6.94. The van der Waals surface area contributed by atoms with Crippen LogP contribution in [0.4, 0.5) is 5.69 Å². The van der Waals surface area contributed by atoms with Gasteiger partial charge in [0.25, 0.3) is 0 Å². The van der Waals surface area contributed by atoms with Crippen molar-refractivity contribution in [3.05, 3.63) is 42.0 Å². The molecule has 1 rings (SSSR count). The number of anilines is 1. The quantitative estimate of drug-likeness (QED) is 0.208. The molecular weight excluding hydrogens is 306 g/mol. The molecule has 25 heavy (non-hydrogen) atoms. The summed E-state index contributed by atoms with van der Waals surface area (Å²) in [5.41, 5.74) is 1.86. The van der Waals surface area contributed by atoms with Crippen molar-refractivity contribution in [1.82, 2.24) is 0 Å². The molecule has 0 aliphatic heterocycles. The number of carbonyl (C=O) groups excluding carboxylic acids is 1. The van der Waals surface area contributed by atoms with Crippen molar-refractivity contribution in [1.29, 1.82) is 0 Å². The molecule has 0 aliphatic carbocycles. The third-order valence-corrected chi connectivity index (χ3v) is 4.56. The summed E-state index contributed by atoms with van der Waals surface area (Å²) in [6, 6.07) is 7.73. The average molecular weight is 344 g/mol. The number of hydrogen-bond donors (Lipinski definition) is 1. The zero-order valence-corrected chi connectivity index (χ0v) is 16.4. The normalized spacial score (nSPS) is 11.1. The molecule has 0 saturated carbocycles. The molecule has 0 unspecified atom stereocenters. The fraction of sp³-hybridized carbons (Fsp3) is 0.609. The number of benzene rings is 1. The van der Waals surface area contributed by atoms with Crippen LogP contribution in [-0.4, -0.2) is 12.3 Å². The van der Waals surface area contributed by atoms with Gasteiger partial charge in [-0.1, -0.05) is 64.0 Å². The van der Waals surface area contributed by atoms with Gasteiger partial charge in [-0.3, -0.25) is 4.79 Å². The lowest BCUT2D eigenvalue weighted by atomic mass is 10.1. The summed E-state index contributed by atoms with van der Waals surface area (Å²) < 4.78 is 0. The van der Waals surface area contributed by atoms with E-state index in [0.717, 1.165) is 30.6 Å². The summed E-state index contributed by atoms with van der Waals surface area (Å²) in [5.74, 6) is 0.119. The third-order valence-electron chi connectivity index (χ3n) is 4.56. The Morgan fingerprint density at radius 1 is 0.840 bits per heavy atom. The molecule has 0 aromatic heterocycles. The van der Waals surface area contributed by atoms with Crippen LogP contribution in [0.1, 0.15) is 94.8 Å². The minimum Gasteiger partial charge on any atom is -0.385 e. The number of hydrogen-bond acceptors (Lipinski definition) is 2. The predicted octanol–water partition coefficient (Wildman–Crippen LogP) is 7.17. The highest BCUT2D eigenvalue weighted by Gasteiger charge is 1.98. The fourth-order valence-corrected chi connectivity index (χ4v) is 2.91. The van der Waals surface area contributed by atoms with Gasteiger partial charge >= 0.3 is 0 Å². The van der Waals surface area contributed by atoms with Crippen LogP contribution in [0.15, 0.2) is 36.4 Å². The number of nitrogens with one attached hydrogen (secondary N) is 1. The Hall–Kier alpha value is -1.57. The van der Waals surface area contributed by atoms with Crippen LogP contribution in [0.5, 0.6) is 0 Å². The number of rotatable bonds is 15. The highest BCUT2D eigenvalue weighted by Crippen LogP contribution is 2.11. The van der Waals surface area contributed by atoms with Crippen molar-refractivity contribution in [2.75, 3.05) is 11.9 Å². The number of allylic oxidation sites excluding steroid dienone is 2. The molecule has 2 nitrogen and oxygen atoms in total. The number of carbonyl (C=O) groups is 1. The van der Waals surface area contributed by atoms with Crippen molar-refractivity contribution in [3.63, 3.8) is 0 Å². The first-order valence-electron chi connectivity index (χ1n) is 10.2. The lowest BCUT2D eigenvalue weighted by Crippen LogP contribution is -2.01. The van der Waals surface area contributed by atoms with Gasteiger partial charge in [0.2, 0.25) is 0 Å². The molecule has 0 heterocycles. The van der Waals surface area contributed by atoms with Gasteiger partial charge in [-0.15, -0.1) is 0 Å². The first-order chi connectivity index (χ1) is 12.2. The van der Waals surface area contributed by atoms with Gasteiger partial charge in [-0.2, -0.15) is 0 Å². The number of Topliss-reactive ketones (excluding diaryl/α,β-unsaturated/α-hetero) is 1. The van der Waals surface area contributed by atoms with Crippen LogP contribution in [-0.2, 0) is 0 Å².